The van der Waals surface area contributed by atoms with Gasteiger partial charge < -0.3 is 41.5 Å². The van der Waals surface area contributed by atoms with E-state index in [9.17, 15) is 30.0 Å². The van der Waals surface area contributed by atoms with Crippen LogP contribution in [-0.4, -0.2) is 96.4 Å². The van der Waals surface area contributed by atoms with Gasteiger partial charge in [-0.3, -0.25) is 4.79 Å². The molecule has 4 atom stereocenters. The van der Waals surface area contributed by atoms with Gasteiger partial charge in [-0.1, -0.05) is 12.8 Å². The molecule has 8 N–H and O–H groups in total. The molecule has 0 aromatic rings. The van der Waals surface area contributed by atoms with Crippen LogP contribution in [0.1, 0.15) is 51.4 Å². The number of ketones is 1. The van der Waals surface area contributed by atoms with Crippen molar-refractivity contribution in [3.05, 3.63) is 0 Å². The molecule has 0 bridgehead atoms. The largest absolute Gasteiger partial charge is 0.467 e. The minimum atomic E-state index is -2.04. The average molecular weight is 436 g/mol. The van der Waals surface area contributed by atoms with Gasteiger partial charge in [-0.05, 0) is 64.8 Å². The second-order valence-corrected chi connectivity index (χ2v) is 7.37. The Labute approximate surface area is 179 Å². The molecule has 10 nitrogen and oxygen atoms in total. The fraction of sp³-hybridized carbons (Fsp3) is 0.900. The van der Waals surface area contributed by atoms with E-state index in [2.05, 4.69) is 15.4 Å². The number of methoxy groups -OCH3 is 1. The molecule has 0 rings (SSSR count). The molecule has 10 heteroatoms. The zero-order valence-electron chi connectivity index (χ0n) is 18.1. The first kappa shape index (κ1) is 28.9. The second-order valence-electron chi connectivity index (χ2n) is 7.37. The lowest BCUT2D eigenvalue weighted by Crippen LogP contribution is -2.50. The highest BCUT2D eigenvalue weighted by Gasteiger charge is 2.37. The highest BCUT2D eigenvalue weighted by atomic mass is 16.5. The summed E-state index contributed by atoms with van der Waals surface area (Å²) in [6.07, 6.45) is -0.806. The third-order valence-electron chi connectivity index (χ3n) is 4.81. The van der Waals surface area contributed by atoms with Gasteiger partial charge >= 0.3 is 5.97 Å². The maximum absolute atomic E-state index is 11.9. The quantitative estimate of drug-likeness (QED) is 0.0874. The molecule has 0 spiro atoms. The molecule has 0 saturated heterocycles. The summed E-state index contributed by atoms with van der Waals surface area (Å²) in [5.74, 6) is -1.83. The zero-order chi connectivity index (χ0) is 22.8. The summed E-state index contributed by atoms with van der Waals surface area (Å²) in [5.41, 5.74) is 5.45. The topological polar surface area (TPSA) is 174 Å². The van der Waals surface area contributed by atoms with Crippen LogP contribution >= 0.6 is 0 Å². The van der Waals surface area contributed by atoms with Crippen LogP contribution in [0.3, 0.4) is 0 Å². The van der Waals surface area contributed by atoms with Gasteiger partial charge in [0.15, 0.2) is 11.9 Å². The first-order valence-corrected chi connectivity index (χ1v) is 10.8. The summed E-state index contributed by atoms with van der Waals surface area (Å²) in [5, 5.41) is 45.3. The highest BCUT2D eigenvalue weighted by Crippen LogP contribution is 2.09. The van der Waals surface area contributed by atoms with E-state index in [1.807, 2.05) is 0 Å². The van der Waals surface area contributed by atoms with Gasteiger partial charge in [0.2, 0.25) is 0 Å². The number of nitrogens with two attached hydrogens (primary N) is 1. The lowest BCUT2D eigenvalue weighted by atomic mass is 9.98. The van der Waals surface area contributed by atoms with Crippen molar-refractivity contribution in [3.8, 4) is 0 Å². The van der Waals surface area contributed by atoms with E-state index >= 15 is 0 Å². The number of ether oxygens (including phenoxy) is 1. The van der Waals surface area contributed by atoms with Crippen molar-refractivity contribution in [1.82, 2.24) is 10.6 Å². The lowest BCUT2D eigenvalue weighted by molar-refractivity contribution is -0.168. The minimum absolute atomic E-state index is 0.000340. The van der Waals surface area contributed by atoms with Crippen molar-refractivity contribution in [2.24, 2.45) is 5.73 Å². The number of aliphatic hydroxyl groups excluding tert-OH is 4. The van der Waals surface area contributed by atoms with Gasteiger partial charge in [-0.2, -0.15) is 0 Å². The van der Waals surface area contributed by atoms with E-state index in [1.165, 1.54) is 6.42 Å². The molecule has 0 aromatic carbocycles. The Kier molecular flexibility index (Phi) is 17.9. The number of hydrogen-bond donors (Lipinski definition) is 7. The minimum Gasteiger partial charge on any atom is -0.467 e. The monoisotopic (exact) mass is 435 g/mol. The normalized spacial score (nSPS) is 15.4. The number of carbonyl (C=O) groups is 2. The molecule has 0 radical (unpaired) electrons. The van der Waals surface area contributed by atoms with Gasteiger partial charge in [-0.25, -0.2) is 4.79 Å². The fourth-order valence-corrected chi connectivity index (χ4v) is 2.86. The highest BCUT2D eigenvalue weighted by molar-refractivity contribution is 5.83. The van der Waals surface area contributed by atoms with Crippen molar-refractivity contribution < 1.29 is 34.8 Å². The Morgan fingerprint density at radius 3 is 1.73 bits per heavy atom. The number of Topliss-reactive ketones (excluding diaryl/α,β-unsaturated/α-hetero) is 1. The molecule has 0 aliphatic heterocycles. The number of esters is 1. The van der Waals surface area contributed by atoms with Gasteiger partial charge in [0.25, 0.3) is 0 Å². The second kappa shape index (κ2) is 18.6. The molecule has 0 heterocycles. The summed E-state index contributed by atoms with van der Waals surface area (Å²) in [4.78, 5) is 23.1. The first-order chi connectivity index (χ1) is 14.4. The molecule has 0 unspecified atom stereocenters. The van der Waals surface area contributed by atoms with Crippen molar-refractivity contribution in [1.29, 1.82) is 0 Å². The van der Waals surface area contributed by atoms with E-state index in [1.54, 1.807) is 0 Å². The molecule has 0 fully saturated rings. The number of rotatable bonds is 20. The van der Waals surface area contributed by atoms with Gasteiger partial charge in [0, 0.05) is 6.42 Å². The zero-order valence-corrected chi connectivity index (χ0v) is 18.1. The third kappa shape index (κ3) is 13.2. The summed E-state index contributed by atoms with van der Waals surface area (Å²) >= 11 is 0. The molecule has 0 aliphatic rings. The molecular weight excluding hydrogens is 394 g/mol. The Bertz CT molecular complexity index is 454. The van der Waals surface area contributed by atoms with Crippen LogP contribution in [0.5, 0.6) is 0 Å². The van der Waals surface area contributed by atoms with Crippen LogP contribution in [0.25, 0.3) is 0 Å². The number of unbranched alkanes of at least 4 members (excludes halogenated alkanes) is 4. The van der Waals surface area contributed by atoms with Crippen LogP contribution in [-0.2, 0) is 14.3 Å². The van der Waals surface area contributed by atoms with Crippen LogP contribution in [0.2, 0.25) is 0 Å². The van der Waals surface area contributed by atoms with E-state index < -0.39 is 36.2 Å². The van der Waals surface area contributed by atoms with Gasteiger partial charge in [0.1, 0.15) is 18.3 Å². The number of carbonyl (C=O) groups excluding carboxylic acids is 2. The first-order valence-electron chi connectivity index (χ1n) is 10.8. The van der Waals surface area contributed by atoms with E-state index in [4.69, 9.17) is 5.73 Å². The van der Waals surface area contributed by atoms with Crippen molar-refractivity contribution >= 4 is 11.8 Å². The molecule has 0 aliphatic carbocycles. The maximum Gasteiger partial charge on any atom is 0.337 e. The Morgan fingerprint density at radius 1 is 0.767 bits per heavy atom. The summed E-state index contributed by atoms with van der Waals surface area (Å²) in [6, 6.07) is 0. The predicted octanol–water partition coefficient (Wildman–Crippen LogP) is -1.57. The standard InChI is InChI=1S/C20H41N3O7/c1-30-20(29)19(28)18(27)17(26)16(25)15(24)9-8-14-23-13-7-3-6-12-22-11-5-2-4-10-21/h16-19,22-23,25-28H,2-14,21H2,1H3/t16-,17+,18-,19-/m0/s1. The van der Waals surface area contributed by atoms with E-state index in [-0.39, 0.29) is 6.42 Å². The summed E-state index contributed by atoms with van der Waals surface area (Å²) in [7, 11) is 1.00. The summed E-state index contributed by atoms with van der Waals surface area (Å²) in [6.45, 7) is 4.22. The lowest BCUT2D eigenvalue weighted by Gasteiger charge is -2.24. The van der Waals surface area contributed by atoms with Crippen molar-refractivity contribution in [2.45, 2.75) is 75.8 Å². The molecule has 178 valence electrons. The average Bonchev–Trinajstić information content (AvgIpc) is 2.76. The van der Waals surface area contributed by atoms with Crippen molar-refractivity contribution in [3.63, 3.8) is 0 Å². The van der Waals surface area contributed by atoms with Gasteiger partial charge in [0.05, 0.1) is 7.11 Å². The fourth-order valence-electron chi connectivity index (χ4n) is 2.86. The molecular formula is C20H41N3O7. The Balaban J connectivity index is 3.69. The predicted molar refractivity (Wildman–Crippen MR) is 113 cm³/mol. The van der Waals surface area contributed by atoms with Crippen LogP contribution in [0.4, 0.5) is 0 Å². The molecule has 0 saturated carbocycles. The molecule has 30 heavy (non-hydrogen) atoms. The smallest absolute Gasteiger partial charge is 0.337 e. The SMILES string of the molecule is COC(=O)[C@@H](O)[C@@H](O)[C@H](O)[C@@H](O)C(=O)CCCNCCCCCNCCCCCN. The third-order valence-corrected chi connectivity index (χ3v) is 4.81. The van der Waals surface area contributed by atoms with E-state index in [0.29, 0.717) is 13.0 Å². The van der Waals surface area contributed by atoms with Crippen molar-refractivity contribution in [2.75, 3.05) is 39.8 Å². The Morgan fingerprint density at radius 2 is 1.23 bits per heavy atom. The number of hydrogen-bond acceptors (Lipinski definition) is 10. The Hall–Kier alpha value is -1.14. The van der Waals surface area contributed by atoms with Crippen LogP contribution < -0.4 is 16.4 Å². The number of aliphatic hydroxyl groups is 4. The molecule has 0 amide bonds. The summed E-state index contributed by atoms with van der Waals surface area (Å²) < 4.78 is 4.24. The van der Waals surface area contributed by atoms with Crippen LogP contribution in [0.15, 0.2) is 0 Å². The van der Waals surface area contributed by atoms with Gasteiger partial charge in [-0.15, -0.1) is 0 Å². The molecule has 0 aromatic heterocycles. The van der Waals surface area contributed by atoms with E-state index in [0.717, 1.165) is 65.4 Å². The number of nitrogens with one attached hydrogen (secondary N) is 2. The van der Waals surface area contributed by atoms with Crippen LogP contribution in [0, 0.1) is 0 Å². The maximum atomic E-state index is 11.9.